The van der Waals surface area contributed by atoms with Gasteiger partial charge in [-0.05, 0) is 56.1 Å². The van der Waals surface area contributed by atoms with E-state index in [1.54, 1.807) is 19.1 Å². The van der Waals surface area contributed by atoms with E-state index in [2.05, 4.69) is 0 Å². The minimum Gasteiger partial charge on any atom is -0.480 e. The number of aliphatic carboxylic acids is 1. The number of benzene rings is 1. The lowest BCUT2D eigenvalue weighted by Crippen LogP contribution is -2.41. The van der Waals surface area contributed by atoms with Gasteiger partial charge in [-0.1, -0.05) is 17.7 Å². The summed E-state index contributed by atoms with van der Waals surface area (Å²) in [5, 5.41) is 9.69. The van der Waals surface area contributed by atoms with E-state index >= 15 is 0 Å². The molecular formula is C17H21ClFNO2. The van der Waals surface area contributed by atoms with Crippen molar-refractivity contribution in [2.24, 2.45) is 17.8 Å². The average Bonchev–Trinajstić information content (AvgIpc) is 3.08. The van der Waals surface area contributed by atoms with Crippen molar-refractivity contribution >= 4 is 17.6 Å². The summed E-state index contributed by atoms with van der Waals surface area (Å²) in [7, 11) is 0. The number of carboxylic acid groups (broad SMARTS) is 1. The fourth-order valence-electron chi connectivity index (χ4n) is 3.72. The molecule has 0 amide bonds. The van der Waals surface area contributed by atoms with E-state index in [1.807, 2.05) is 4.90 Å². The quantitative estimate of drug-likeness (QED) is 0.865. The fourth-order valence-corrected chi connectivity index (χ4v) is 3.95. The predicted molar refractivity (Wildman–Crippen MR) is 83.2 cm³/mol. The van der Waals surface area contributed by atoms with Crippen molar-refractivity contribution in [3.63, 3.8) is 0 Å². The Labute approximate surface area is 135 Å². The molecule has 0 aliphatic heterocycles. The van der Waals surface area contributed by atoms with Gasteiger partial charge in [0.05, 0.1) is 0 Å². The van der Waals surface area contributed by atoms with Crippen molar-refractivity contribution in [3.8, 4) is 0 Å². The maximum absolute atomic E-state index is 14.0. The van der Waals surface area contributed by atoms with Gasteiger partial charge in [0.25, 0.3) is 0 Å². The molecule has 120 valence electrons. The molecule has 0 saturated heterocycles. The highest BCUT2D eigenvalue weighted by atomic mass is 35.5. The molecule has 5 heteroatoms. The topological polar surface area (TPSA) is 40.5 Å². The first-order valence-corrected chi connectivity index (χ1v) is 8.23. The molecular weight excluding hydrogens is 305 g/mol. The van der Waals surface area contributed by atoms with Gasteiger partial charge < -0.3 is 5.11 Å². The molecule has 2 fully saturated rings. The molecule has 2 aliphatic carbocycles. The number of carboxylic acids is 1. The van der Waals surface area contributed by atoms with Crippen LogP contribution in [0.1, 0.15) is 31.7 Å². The minimum atomic E-state index is -0.879. The number of rotatable bonds is 6. The van der Waals surface area contributed by atoms with E-state index < -0.39 is 12.0 Å². The van der Waals surface area contributed by atoms with Gasteiger partial charge in [0.1, 0.15) is 11.9 Å². The van der Waals surface area contributed by atoms with E-state index in [0.717, 1.165) is 11.8 Å². The van der Waals surface area contributed by atoms with Crippen LogP contribution >= 0.6 is 11.6 Å². The highest BCUT2D eigenvalue weighted by molar-refractivity contribution is 6.31. The second kappa shape index (κ2) is 6.17. The smallest absolute Gasteiger partial charge is 0.320 e. The first kappa shape index (κ1) is 15.8. The fraction of sp³-hybridized carbons (Fsp3) is 0.588. The van der Waals surface area contributed by atoms with Crippen molar-refractivity contribution in [3.05, 3.63) is 34.6 Å². The molecule has 2 saturated carbocycles. The number of halogens is 2. The standard InChI is InChI=1S/C17H21ClFNO2/c1-10(17(21)22)20(8-11-5-12-7-13(12)6-11)9-14-15(18)3-2-4-16(14)19/h2-4,10-13H,5-9H2,1H3,(H,21,22). The molecule has 3 rings (SSSR count). The third kappa shape index (κ3) is 3.28. The molecule has 0 spiro atoms. The van der Waals surface area contributed by atoms with Crippen LogP contribution in [0.4, 0.5) is 4.39 Å². The molecule has 22 heavy (non-hydrogen) atoms. The summed E-state index contributed by atoms with van der Waals surface area (Å²) < 4.78 is 14.0. The molecule has 1 aromatic carbocycles. The van der Waals surface area contributed by atoms with Crippen LogP contribution in [0, 0.1) is 23.6 Å². The van der Waals surface area contributed by atoms with Gasteiger partial charge in [0.2, 0.25) is 0 Å². The molecule has 0 aromatic heterocycles. The normalized spacial score (nSPS) is 27.7. The molecule has 3 atom stereocenters. The highest BCUT2D eigenvalue weighted by Crippen LogP contribution is 2.54. The van der Waals surface area contributed by atoms with Gasteiger partial charge in [0, 0.05) is 23.7 Å². The van der Waals surface area contributed by atoms with Crippen LogP contribution in [0.5, 0.6) is 0 Å². The largest absolute Gasteiger partial charge is 0.480 e. The van der Waals surface area contributed by atoms with Crippen LogP contribution in [0.25, 0.3) is 0 Å². The van der Waals surface area contributed by atoms with E-state index in [0.29, 0.717) is 23.0 Å². The Hall–Kier alpha value is -1.13. The van der Waals surface area contributed by atoms with Crippen LogP contribution in [0.3, 0.4) is 0 Å². The number of hydrogen-bond acceptors (Lipinski definition) is 2. The summed E-state index contributed by atoms with van der Waals surface area (Å²) >= 11 is 6.09. The highest BCUT2D eigenvalue weighted by Gasteiger charge is 2.46. The molecule has 3 unspecified atom stereocenters. The lowest BCUT2D eigenvalue weighted by atomic mass is 10.0. The Bertz CT molecular complexity index is 550. The van der Waals surface area contributed by atoms with Crippen LogP contribution in [0.2, 0.25) is 5.02 Å². The van der Waals surface area contributed by atoms with Crippen LogP contribution in [-0.2, 0) is 11.3 Å². The van der Waals surface area contributed by atoms with Crippen molar-refractivity contribution in [2.75, 3.05) is 6.54 Å². The van der Waals surface area contributed by atoms with E-state index in [9.17, 15) is 14.3 Å². The predicted octanol–water partition coefficient (Wildman–Crippen LogP) is 3.80. The number of nitrogens with zero attached hydrogens (tertiary/aromatic N) is 1. The Balaban J connectivity index is 1.74. The molecule has 0 radical (unpaired) electrons. The second-order valence-corrected chi connectivity index (χ2v) is 7.14. The third-order valence-electron chi connectivity index (χ3n) is 5.16. The summed E-state index contributed by atoms with van der Waals surface area (Å²) in [6, 6.07) is 3.94. The van der Waals surface area contributed by atoms with E-state index in [1.165, 1.54) is 25.3 Å². The number of hydrogen-bond donors (Lipinski definition) is 1. The molecule has 0 bridgehead atoms. The summed E-state index contributed by atoms with van der Waals surface area (Å²) in [6.07, 6.45) is 3.70. The summed E-state index contributed by atoms with van der Waals surface area (Å²) in [4.78, 5) is 13.2. The molecule has 0 heterocycles. The Morgan fingerprint density at radius 3 is 2.68 bits per heavy atom. The van der Waals surface area contributed by atoms with Gasteiger partial charge in [-0.15, -0.1) is 0 Å². The number of fused-ring (bicyclic) bond motifs is 1. The van der Waals surface area contributed by atoms with Crippen molar-refractivity contribution in [1.29, 1.82) is 0 Å². The summed E-state index contributed by atoms with van der Waals surface area (Å²) in [5.74, 6) is 0.976. The molecule has 3 nitrogen and oxygen atoms in total. The minimum absolute atomic E-state index is 0.241. The third-order valence-corrected chi connectivity index (χ3v) is 5.52. The Morgan fingerprint density at radius 1 is 1.41 bits per heavy atom. The molecule has 2 aliphatic rings. The van der Waals surface area contributed by atoms with Crippen LogP contribution < -0.4 is 0 Å². The van der Waals surface area contributed by atoms with Crippen molar-refractivity contribution in [1.82, 2.24) is 4.90 Å². The zero-order valence-electron chi connectivity index (χ0n) is 12.6. The average molecular weight is 326 g/mol. The lowest BCUT2D eigenvalue weighted by Gasteiger charge is -2.30. The van der Waals surface area contributed by atoms with E-state index in [-0.39, 0.29) is 12.4 Å². The van der Waals surface area contributed by atoms with Gasteiger partial charge in [-0.2, -0.15) is 0 Å². The SMILES string of the molecule is CC(C(=O)O)N(Cc1c(F)cccc1Cl)CC1CC2CC2C1. The first-order valence-electron chi connectivity index (χ1n) is 7.85. The van der Waals surface area contributed by atoms with Crippen molar-refractivity contribution < 1.29 is 14.3 Å². The molecule has 1 N–H and O–H groups in total. The monoisotopic (exact) mass is 325 g/mol. The lowest BCUT2D eigenvalue weighted by molar-refractivity contribution is -0.143. The number of carbonyl (C=O) groups is 1. The second-order valence-electron chi connectivity index (χ2n) is 6.74. The zero-order chi connectivity index (χ0) is 15.9. The first-order chi connectivity index (χ1) is 10.5. The maximum Gasteiger partial charge on any atom is 0.320 e. The van der Waals surface area contributed by atoms with Gasteiger partial charge in [-0.3, -0.25) is 9.69 Å². The zero-order valence-corrected chi connectivity index (χ0v) is 13.4. The van der Waals surface area contributed by atoms with E-state index in [4.69, 9.17) is 11.6 Å². The van der Waals surface area contributed by atoms with Crippen molar-refractivity contribution in [2.45, 2.75) is 38.8 Å². The summed E-state index contributed by atoms with van der Waals surface area (Å²) in [5.41, 5.74) is 0.389. The Morgan fingerprint density at radius 2 is 2.09 bits per heavy atom. The van der Waals surface area contributed by atoms with Gasteiger partial charge in [-0.25, -0.2) is 4.39 Å². The van der Waals surface area contributed by atoms with Gasteiger partial charge >= 0.3 is 5.97 Å². The molecule has 1 aromatic rings. The summed E-state index contributed by atoms with van der Waals surface area (Å²) in [6.45, 7) is 2.60. The van der Waals surface area contributed by atoms with Crippen LogP contribution in [0.15, 0.2) is 18.2 Å². The van der Waals surface area contributed by atoms with Crippen LogP contribution in [-0.4, -0.2) is 28.6 Å². The van der Waals surface area contributed by atoms with Gasteiger partial charge in [0.15, 0.2) is 0 Å². The maximum atomic E-state index is 14.0. The Kier molecular flexibility index (Phi) is 4.42.